The van der Waals surface area contributed by atoms with Gasteiger partial charge in [-0.3, -0.25) is 14.2 Å². The van der Waals surface area contributed by atoms with E-state index in [-0.39, 0.29) is 23.3 Å². The second kappa shape index (κ2) is 7.63. The molecular weight excluding hydrogens is 356 g/mol. The van der Waals surface area contributed by atoms with E-state index in [9.17, 15) is 20.0 Å². The molecule has 1 N–H and O–H groups in total. The average Bonchev–Trinajstić information content (AvgIpc) is 2.53. The zero-order chi connectivity index (χ0) is 19.6. The number of carbonyl (C=O) groups excluding carboxylic acids is 1. The van der Waals surface area contributed by atoms with Gasteiger partial charge in [0.15, 0.2) is 6.61 Å². The Labute approximate surface area is 156 Å². The molecule has 0 atom stereocenters. The maximum absolute atomic E-state index is 12.7. The number of nitrogens with zero attached hydrogens (tertiary/aromatic N) is 2. The summed E-state index contributed by atoms with van der Waals surface area (Å²) < 4.78 is 6.57. The maximum atomic E-state index is 12.7. The average molecular weight is 375 g/mol. The highest BCUT2D eigenvalue weighted by Gasteiger charge is 2.25. The normalized spacial score (nSPS) is 10.7. The third kappa shape index (κ3) is 3.58. The van der Waals surface area contributed by atoms with E-state index in [2.05, 4.69) is 0 Å². The zero-order valence-electron chi connectivity index (χ0n) is 15.0. The highest BCUT2D eigenvalue weighted by atomic mass is 35.5. The summed E-state index contributed by atoms with van der Waals surface area (Å²) in [4.78, 5) is 25.0. The van der Waals surface area contributed by atoms with Gasteiger partial charge in [-0.2, -0.15) is 5.26 Å². The molecule has 2 aromatic rings. The molecule has 0 spiro atoms. The number of ketones is 1. The molecule has 0 bridgehead atoms. The minimum Gasteiger partial charge on any atom is -0.494 e. The molecule has 0 amide bonds. The number of halogens is 1. The molecule has 0 aliphatic carbocycles. The third-order valence-corrected chi connectivity index (χ3v) is 4.27. The Morgan fingerprint density at radius 3 is 2.58 bits per heavy atom. The molecular formula is C19H19ClN2O4. The summed E-state index contributed by atoms with van der Waals surface area (Å²) in [5.74, 6) is -0.499. The standard InChI is InChI=1S/C19H19ClN2O4/c1-10(2)22-18(24)14(8-21)12(4)17(19(22)25)15(23)9-26-16-6-5-13(20)7-11(16)3/h5-7,10,25H,9H2,1-4H3. The van der Waals surface area contributed by atoms with Crippen LogP contribution in [0.4, 0.5) is 0 Å². The molecule has 1 aromatic heterocycles. The topological polar surface area (TPSA) is 92.3 Å². The van der Waals surface area contributed by atoms with E-state index in [1.165, 1.54) is 6.92 Å². The van der Waals surface area contributed by atoms with E-state index in [1.54, 1.807) is 39.0 Å². The fourth-order valence-corrected chi connectivity index (χ4v) is 2.95. The molecule has 0 unspecified atom stereocenters. The van der Waals surface area contributed by atoms with Crippen LogP contribution in [-0.2, 0) is 0 Å². The number of rotatable bonds is 5. The van der Waals surface area contributed by atoms with Crippen LogP contribution in [0.25, 0.3) is 0 Å². The second-order valence-electron chi connectivity index (χ2n) is 6.20. The second-order valence-corrected chi connectivity index (χ2v) is 6.64. The first kappa shape index (κ1) is 19.5. The number of ether oxygens (including phenoxy) is 1. The van der Waals surface area contributed by atoms with Crippen LogP contribution in [0.3, 0.4) is 0 Å². The minimum atomic E-state index is -0.622. The number of aryl methyl sites for hydroxylation is 1. The van der Waals surface area contributed by atoms with E-state index in [4.69, 9.17) is 16.3 Å². The van der Waals surface area contributed by atoms with Crippen LogP contribution in [-0.4, -0.2) is 22.1 Å². The van der Waals surface area contributed by atoms with Crippen molar-refractivity contribution >= 4 is 17.4 Å². The number of hydrogen-bond donors (Lipinski definition) is 1. The van der Waals surface area contributed by atoms with Crippen molar-refractivity contribution in [1.82, 2.24) is 4.57 Å². The van der Waals surface area contributed by atoms with Crippen LogP contribution in [0.2, 0.25) is 5.02 Å². The fraction of sp³-hybridized carbons (Fsp3) is 0.316. The van der Waals surface area contributed by atoms with E-state index in [1.807, 2.05) is 6.07 Å². The van der Waals surface area contributed by atoms with Gasteiger partial charge in [-0.15, -0.1) is 0 Å². The molecule has 0 radical (unpaired) electrons. The van der Waals surface area contributed by atoms with Crippen LogP contribution < -0.4 is 10.3 Å². The monoisotopic (exact) mass is 374 g/mol. The van der Waals surface area contributed by atoms with Crippen LogP contribution in [0.5, 0.6) is 11.6 Å². The highest BCUT2D eigenvalue weighted by Crippen LogP contribution is 2.26. The molecule has 2 rings (SSSR count). The van der Waals surface area contributed by atoms with Crippen LogP contribution >= 0.6 is 11.6 Å². The molecule has 0 fully saturated rings. The molecule has 0 aliphatic heterocycles. The first-order valence-corrected chi connectivity index (χ1v) is 8.37. The lowest BCUT2D eigenvalue weighted by molar-refractivity contribution is 0.0915. The zero-order valence-corrected chi connectivity index (χ0v) is 15.7. The Hall–Kier alpha value is -2.78. The van der Waals surface area contributed by atoms with Gasteiger partial charge in [-0.05, 0) is 57.0 Å². The molecule has 1 heterocycles. The summed E-state index contributed by atoms with van der Waals surface area (Å²) in [6.45, 7) is 6.27. The van der Waals surface area contributed by atoms with Crippen molar-refractivity contribution in [2.24, 2.45) is 0 Å². The molecule has 6 nitrogen and oxygen atoms in total. The molecule has 0 aliphatic rings. The van der Waals surface area contributed by atoms with E-state index in [0.29, 0.717) is 10.8 Å². The first-order valence-electron chi connectivity index (χ1n) is 7.99. The summed E-state index contributed by atoms with van der Waals surface area (Å²) in [7, 11) is 0. The number of aromatic hydroxyl groups is 1. The van der Waals surface area contributed by atoms with Crippen molar-refractivity contribution < 1.29 is 14.6 Å². The summed E-state index contributed by atoms with van der Waals surface area (Å²) in [5.41, 5.74) is 0.0388. The number of hydrogen-bond acceptors (Lipinski definition) is 5. The largest absolute Gasteiger partial charge is 0.494 e. The number of Topliss-reactive ketones (excluding diaryl/α,β-unsaturated/α-hetero) is 1. The molecule has 26 heavy (non-hydrogen) atoms. The lowest BCUT2D eigenvalue weighted by Gasteiger charge is -2.18. The molecule has 0 saturated heterocycles. The Kier molecular flexibility index (Phi) is 5.73. The summed E-state index contributed by atoms with van der Waals surface area (Å²) in [6.07, 6.45) is 0. The molecule has 136 valence electrons. The van der Waals surface area contributed by atoms with Gasteiger partial charge in [-0.25, -0.2) is 0 Å². The van der Waals surface area contributed by atoms with Gasteiger partial charge in [0.1, 0.15) is 17.4 Å². The van der Waals surface area contributed by atoms with Crippen molar-refractivity contribution in [1.29, 1.82) is 5.26 Å². The van der Waals surface area contributed by atoms with Crippen LogP contribution in [0, 0.1) is 25.2 Å². The van der Waals surface area contributed by atoms with Gasteiger partial charge < -0.3 is 9.84 Å². The predicted octanol–water partition coefficient (Wildman–Crippen LogP) is 3.54. The van der Waals surface area contributed by atoms with Crippen LogP contribution in [0.1, 0.15) is 46.9 Å². The van der Waals surface area contributed by atoms with E-state index >= 15 is 0 Å². The third-order valence-electron chi connectivity index (χ3n) is 4.04. The van der Waals surface area contributed by atoms with Gasteiger partial charge in [0.2, 0.25) is 11.7 Å². The Morgan fingerprint density at radius 1 is 1.38 bits per heavy atom. The van der Waals surface area contributed by atoms with E-state index < -0.39 is 23.3 Å². The first-order chi connectivity index (χ1) is 12.2. The summed E-state index contributed by atoms with van der Waals surface area (Å²) in [6, 6.07) is 6.40. The lowest BCUT2D eigenvalue weighted by atomic mass is 10.0. The maximum Gasteiger partial charge on any atom is 0.271 e. The number of pyridine rings is 1. The highest BCUT2D eigenvalue weighted by molar-refractivity contribution is 6.30. The lowest BCUT2D eigenvalue weighted by Crippen LogP contribution is -2.28. The van der Waals surface area contributed by atoms with Crippen LogP contribution in [0.15, 0.2) is 23.0 Å². The van der Waals surface area contributed by atoms with E-state index in [0.717, 1.165) is 10.1 Å². The fourth-order valence-electron chi connectivity index (χ4n) is 2.73. The predicted molar refractivity (Wildman–Crippen MR) is 98.2 cm³/mol. The van der Waals surface area contributed by atoms with Gasteiger partial charge in [0.05, 0.1) is 5.56 Å². The van der Waals surface area contributed by atoms with Gasteiger partial charge >= 0.3 is 0 Å². The smallest absolute Gasteiger partial charge is 0.271 e. The molecule has 1 aromatic carbocycles. The Balaban J connectivity index is 2.44. The number of nitriles is 1. The SMILES string of the molecule is Cc1cc(Cl)ccc1OCC(=O)c1c(C)c(C#N)c(=O)n(C(C)C)c1O. The minimum absolute atomic E-state index is 0.0820. The Morgan fingerprint density at radius 2 is 2.04 bits per heavy atom. The van der Waals surface area contributed by atoms with Crippen molar-refractivity contribution in [3.63, 3.8) is 0 Å². The van der Waals surface area contributed by atoms with Crippen molar-refractivity contribution in [2.45, 2.75) is 33.7 Å². The number of carbonyl (C=O) groups is 1. The summed E-state index contributed by atoms with van der Waals surface area (Å²) in [5, 5.41) is 20.3. The number of benzene rings is 1. The molecule has 0 saturated carbocycles. The number of aromatic nitrogens is 1. The molecule has 7 heteroatoms. The van der Waals surface area contributed by atoms with Crippen molar-refractivity contribution in [3.8, 4) is 17.7 Å². The summed E-state index contributed by atoms with van der Waals surface area (Å²) >= 11 is 5.89. The van der Waals surface area contributed by atoms with Gasteiger partial charge in [0, 0.05) is 11.1 Å². The van der Waals surface area contributed by atoms with Crippen molar-refractivity contribution in [2.75, 3.05) is 6.61 Å². The van der Waals surface area contributed by atoms with Crippen molar-refractivity contribution in [3.05, 3.63) is 55.8 Å². The van der Waals surface area contributed by atoms with Gasteiger partial charge in [-0.1, -0.05) is 11.6 Å². The quantitative estimate of drug-likeness (QED) is 0.808. The van der Waals surface area contributed by atoms with Gasteiger partial charge in [0.25, 0.3) is 5.56 Å². The Bertz CT molecular complexity index is 971.